The van der Waals surface area contributed by atoms with Crippen LogP contribution in [0.15, 0.2) is 12.4 Å². The van der Waals surface area contributed by atoms with Gasteiger partial charge in [0.15, 0.2) is 0 Å². The zero-order valence-electron chi connectivity index (χ0n) is 7.13. The van der Waals surface area contributed by atoms with Crippen molar-refractivity contribution in [1.29, 1.82) is 0 Å². The lowest BCUT2D eigenvalue weighted by Gasteiger charge is -2.17. The molecule has 0 aliphatic carbocycles. The summed E-state index contributed by atoms with van der Waals surface area (Å²) in [5, 5.41) is 0. The molecule has 0 amide bonds. The van der Waals surface area contributed by atoms with Gasteiger partial charge in [0.05, 0.1) is 0 Å². The second-order valence-electron chi connectivity index (χ2n) is 3.24. The van der Waals surface area contributed by atoms with E-state index in [4.69, 9.17) is 5.73 Å². The topological polar surface area (TPSA) is 51.8 Å². The summed E-state index contributed by atoms with van der Waals surface area (Å²) in [6.45, 7) is 5.72. The van der Waals surface area contributed by atoms with Crippen molar-refractivity contribution in [3.63, 3.8) is 0 Å². The van der Waals surface area contributed by atoms with Gasteiger partial charge in [0.25, 0.3) is 0 Å². The maximum atomic E-state index is 5.83. The van der Waals surface area contributed by atoms with Gasteiger partial charge in [0, 0.05) is 23.5 Å². The summed E-state index contributed by atoms with van der Waals surface area (Å²) < 4.78 is 0. The lowest BCUT2D eigenvalue weighted by molar-refractivity contribution is 0.548. The van der Waals surface area contributed by atoms with E-state index in [0.29, 0.717) is 0 Å². The van der Waals surface area contributed by atoms with Gasteiger partial charge in [-0.1, -0.05) is 0 Å². The Hall–Kier alpha value is -0.960. The van der Waals surface area contributed by atoms with Gasteiger partial charge >= 0.3 is 0 Å². The SMILES string of the molecule is Cc1ncc(C(C)(C)N)cn1. The highest BCUT2D eigenvalue weighted by molar-refractivity contribution is 5.14. The summed E-state index contributed by atoms with van der Waals surface area (Å²) in [5.74, 6) is 0.776. The Morgan fingerprint density at radius 3 is 2.09 bits per heavy atom. The maximum Gasteiger partial charge on any atom is 0.125 e. The summed E-state index contributed by atoms with van der Waals surface area (Å²) in [6, 6.07) is 0. The molecule has 0 atom stereocenters. The highest BCUT2D eigenvalue weighted by Gasteiger charge is 2.13. The molecule has 0 fully saturated rings. The molecule has 60 valence electrons. The van der Waals surface area contributed by atoms with Gasteiger partial charge in [-0.2, -0.15) is 0 Å². The number of nitrogens with zero attached hydrogens (tertiary/aromatic N) is 2. The third kappa shape index (κ3) is 1.98. The van der Waals surface area contributed by atoms with E-state index >= 15 is 0 Å². The first-order valence-electron chi connectivity index (χ1n) is 3.58. The second-order valence-corrected chi connectivity index (χ2v) is 3.24. The van der Waals surface area contributed by atoms with Crippen LogP contribution in [0.3, 0.4) is 0 Å². The molecule has 3 nitrogen and oxygen atoms in total. The van der Waals surface area contributed by atoms with Gasteiger partial charge in [0.1, 0.15) is 5.82 Å². The summed E-state index contributed by atoms with van der Waals surface area (Å²) in [4.78, 5) is 8.11. The molecule has 0 saturated carbocycles. The molecule has 1 heterocycles. The lowest BCUT2D eigenvalue weighted by atomic mass is 9.99. The average Bonchev–Trinajstić information content (AvgIpc) is 1.86. The first-order valence-corrected chi connectivity index (χ1v) is 3.58. The van der Waals surface area contributed by atoms with Crippen molar-refractivity contribution in [3.8, 4) is 0 Å². The fraction of sp³-hybridized carbons (Fsp3) is 0.500. The molecule has 1 aromatic heterocycles. The van der Waals surface area contributed by atoms with Gasteiger partial charge in [-0.15, -0.1) is 0 Å². The Kier molecular flexibility index (Phi) is 1.91. The van der Waals surface area contributed by atoms with Crippen molar-refractivity contribution < 1.29 is 0 Å². The summed E-state index contributed by atoms with van der Waals surface area (Å²) in [6.07, 6.45) is 3.53. The average molecular weight is 151 g/mol. The van der Waals surface area contributed by atoms with Gasteiger partial charge in [-0.05, 0) is 20.8 Å². The molecule has 2 N–H and O–H groups in total. The standard InChI is InChI=1S/C8H13N3/c1-6-10-4-7(5-11-6)8(2,3)9/h4-5H,9H2,1-3H3. The molecule has 1 aromatic rings. The van der Waals surface area contributed by atoms with E-state index in [1.54, 1.807) is 12.4 Å². The van der Waals surface area contributed by atoms with Crippen LogP contribution < -0.4 is 5.73 Å². The fourth-order valence-electron chi connectivity index (χ4n) is 0.725. The van der Waals surface area contributed by atoms with Crippen LogP contribution in [0.2, 0.25) is 0 Å². The van der Waals surface area contributed by atoms with E-state index in [1.807, 2.05) is 20.8 Å². The van der Waals surface area contributed by atoms with E-state index < -0.39 is 0 Å². The maximum absolute atomic E-state index is 5.83. The zero-order valence-corrected chi connectivity index (χ0v) is 7.13. The van der Waals surface area contributed by atoms with E-state index in [1.165, 1.54) is 0 Å². The van der Waals surface area contributed by atoms with Crippen LogP contribution in [0, 0.1) is 6.92 Å². The molecule has 3 heteroatoms. The first kappa shape index (κ1) is 8.14. The monoisotopic (exact) mass is 151 g/mol. The van der Waals surface area contributed by atoms with Crippen molar-refractivity contribution in [2.45, 2.75) is 26.3 Å². The van der Waals surface area contributed by atoms with Crippen LogP contribution in [0.5, 0.6) is 0 Å². The number of aromatic nitrogens is 2. The molecule has 0 aromatic carbocycles. The predicted molar refractivity (Wildman–Crippen MR) is 44.0 cm³/mol. The summed E-state index contributed by atoms with van der Waals surface area (Å²) in [7, 11) is 0. The molecule has 0 spiro atoms. The predicted octanol–water partition coefficient (Wildman–Crippen LogP) is 0.979. The smallest absolute Gasteiger partial charge is 0.125 e. The number of rotatable bonds is 1. The van der Waals surface area contributed by atoms with Crippen molar-refractivity contribution >= 4 is 0 Å². The molecule has 11 heavy (non-hydrogen) atoms. The minimum Gasteiger partial charge on any atom is -0.322 e. The summed E-state index contributed by atoms with van der Waals surface area (Å²) in [5.41, 5.74) is 6.45. The van der Waals surface area contributed by atoms with Gasteiger partial charge in [0.2, 0.25) is 0 Å². The minimum atomic E-state index is -0.340. The molecule has 1 rings (SSSR count). The molecule has 0 aliphatic heterocycles. The van der Waals surface area contributed by atoms with Crippen LogP contribution in [-0.4, -0.2) is 9.97 Å². The molecule has 0 radical (unpaired) electrons. The van der Waals surface area contributed by atoms with Crippen LogP contribution in [0.1, 0.15) is 25.2 Å². The molecular formula is C8H13N3. The third-order valence-corrected chi connectivity index (χ3v) is 1.52. The Labute approximate surface area is 66.7 Å². The highest BCUT2D eigenvalue weighted by Crippen LogP contribution is 2.13. The van der Waals surface area contributed by atoms with Gasteiger partial charge in [-0.25, -0.2) is 9.97 Å². The van der Waals surface area contributed by atoms with Crippen molar-refractivity contribution in [1.82, 2.24) is 9.97 Å². The van der Waals surface area contributed by atoms with E-state index in [9.17, 15) is 0 Å². The summed E-state index contributed by atoms with van der Waals surface area (Å²) >= 11 is 0. The normalized spacial score (nSPS) is 11.6. The Morgan fingerprint density at radius 2 is 1.73 bits per heavy atom. The van der Waals surface area contributed by atoms with Crippen molar-refractivity contribution in [2.75, 3.05) is 0 Å². The minimum absolute atomic E-state index is 0.340. The quantitative estimate of drug-likeness (QED) is 0.651. The lowest BCUT2D eigenvalue weighted by Crippen LogP contribution is -2.28. The Bertz CT molecular complexity index is 233. The van der Waals surface area contributed by atoms with E-state index in [-0.39, 0.29) is 5.54 Å². The van der Waals surface area contributed by atoms with Crippen LogP contribution in [0.25, 0.3) is 0 Å². The second kappa shape index (κ2) is 2.58. The van der Waals surface area contributed by atoms with Crippen molar-refractivity contribution in [3.05, 3.63) is 23.8 Å². The fourth-order valence-corrected chi connectivity index (χ4v) is 0.725. The number of aryl methyl sites for hydroxylation is 1. The van der Waals surface area contributed by atoms with Gasteiger partial charge < -0.3 is 5.73 Å². The zero-order chi connectivity index (χ0) is 8.48. The number of hydrogen-bond acceptors (Lipinski definition) is 3. The largest absolute Gasteiger partial charge is 0.322 e. The Morgan fingerprint density at radius 1 is 1.27 bits per heavy atom. The van der Waals surface area contributed by atoms with E-state index in [2.05, 4.69) is 9.97 Å². The van der Waals surface area contributed by atoms with Crippen LogP contribution >= 0.6 is 0 Å². The first-order chi connectivity index (χ1) is 5.00. The number of nitrogens with two attached hydrogens (primary N) is 1. The Balaban J connectivity index is 2.99. The highest BCUT2D eigenvalue weighted by atomic mass is 14.9. The van der Waals surface area contributed by atoms with Crippen LogP contribution in [0.4, 0.5) is 0 Å². The molecule has 0 saturated heterocycles. The third-order valence-electron chi connectivity index (χ3n) is 1.52. The van der Waals surface area contributed by atoms with Gasteiger partial charge in [-0.3, -0.25) is 0 Å². The molecule has 0 unspecified atom stereocenters. The van der Waals surface area contributed by atoms with E-state index in [0.717, 1.165) is 11.4 Å². The number of hydrogen-bond donors (Lipinski definition) is 1. The molecular weight excluding hydrogens is 138 g/mol. The van der Waals surface area contributed by atoms with Crippen LogP contribution in [-0.2, 0) is 5.54 Å². The van der Waals surface area contributed by atoms with Crippen molar-refractivity contribution in [2.24, 2.45) is 5.73 Å². The molecule has 0 aliphatic rings. The molecule has 0 bridgehead atoms.